The highest BCUT2D eigenvalue weighted by Gasteiger charge is 2.24. The Labute approximate surface area is 172 Å². The van der Waals surface area contributed by atoms with Crippen LogP contribution in [0.25, 0.3) is 22.1 Å². The van der Waals surface area contributed by atoms with Gasteiger partial charge >= 0.3 is 0 Å². The second kappa shape index (κ2) is 7.10. The van der Waals surface area contributed by atoms with E-state index in [1.807, 2.05) is 37.3 Å². The van der Waals surface area contributed by atoms with E-state index in [4.69, 9.17) is 25.2 Å². The van der Waals surface area contributed by atoms with Crippen LogP contribution in [0.2, 0.25) is 5.02 Å². The number of rotatable bonds is 3. The predicted octanol–water partition coefficient (Wildman–Crippen LogP) is 5.37. The lowest BCUT2D eigenvalue weighted by molar-refractivity contribution is 0.0826. The largest absolute Gasteiger partial charge is 0.478 e. The second-order valence-corrected chi connectivity index (χ2v) is 7.56. The number of halogens is 1. The van der Waals surface area contributed by atoms with Gasteiger partial charge in [-0.2, -0.15) is 0 Å². The lowest BCUT2D eigenvalue weighted by atomic mass is 10.0. The van der Waals surface area contributed by atoms with Crippen molar-refractivity contribution in [1.29, 1.82) is 0 Å². The molecule has 0 saturated carbocycles. The Hall–Kier alpha value is -3.02. The third-order valence-corrected chi connectivity index (χ3v) is 5.43. The zero-order valence-electron chi connectivity index (χ0n) is 15.8. The summed E-state index contributed by atoms with van der Waals surface area (Å²) in [6.45, 7) is 3.49. The molecule has 0 aliphatic carbocycles. The Morgan fingerprint density at radius 2 is 1.93 bits per heavy atom. The number of fused-ring (bicyclic) bond motifs is 3. The van der Waals surface area contributed by atoms with Gasteiger partial charge in [0, 0.05) is 11.6 Å². The van der Waals surface area contributed by atoms with E-state index in [9.17, 15) is 4.79 Å². The molecular weight excluding hydrogens is 390 g/mol. The number of nitrogens with zero attached hydrogens (tertiary/aromatic N) is 1. The Morgan fingerprint density at radius 3 is 2.69 bits per heavy atom. The van der Waals surface area contributed by atoms with Gasteiger partial charge in [-0.25, -0.2) is 0 Å². The maximum atomic E-state index is 13.3. The van der Waals surface area contributed by atoms with E-state index in [-0.39, 0.29) is 5.43 Å². The highest BCUT2D eigenvalue weighted by Crippen LogP contribution is 2.34. The van der Waals surface area contributed by atoms with E-state index in [0.29, 0.717) is 47.1 Å². The van der Waals surface area contributed by atoms with E-state index in [2.05, 4.69) is 4.90 Å². The SMILES string of the molecule is Cc1oc2c3c(ccc2c(=O)c1-c1ccc(Cl)cc1)OCN(Cc1ccco1)C3. The van der Waals surface area contributed by atoms with Crippen molar-refractivity contribution >= 4 is 22.6 Å². The molecule has 146 valence electrons. The van der Waals surface area contributed by atoms with E-state index in [1.165, 1.54) is 0 Å². The van der Waals surface area contributed by atoms with Crippen LogP contribution in [0.1, 0.15) is 17.1 Å². The number of aryl methyl sites for hydroxylation is 1. The molecule has 4 aromatic rings. The molecule has 2 aromatic heterocycles. The van der Waals surface area contributed by atoms with Crippen LogP contribution in [-0.4, -0.2) is 11.6 Å². The van der Waals surface area contributed by atoms with Gasteiger partial charge in [-0.15, -0.1) is 0 Å². The Morgan fingerprint density at radius 1 is 1.10 bits per heavy atom. The first-order valence-electron chi connectivity index (χ1n) is 9.33. The van der Waals surface area contributed by atoms with E-state index < -0.39 is 0 Å². The van der Waals surface area contributed by atoms with Gasteiger partial charge < -0.3 is 13.6 Å². The van der Waals surface area contributed by atoms with Crippen molar-refractivity contribution in [2.45, 2.75) is 20.0 Å². The quantitative estimate of drug-likeness (QED) is 0.457. The highest BCUT2D eigenvalue weighted by atomic mass is 35.5. The predicted molar refractivity (Wildman–Crippen MR) is 111 cm³/mol. The summed E-state index contributed by atoms with van der Waals surface area (Å²) in [7, 11) is 0. The van der Waals surface area contributed by atoms with Crippen LogP contribution < -0.4 is 10.2 Å². The topological polar surface area (TPSA) is 55.8 Å². The number of hydrogen-bond donors (Lipinski definition) is 0. The van der Waals surface area contributed by atoms with Gasteiger partial charge in [-0.3, -0.25) is 9.69 Å². The van der Waals surface area contributed by atoms with Gasteiger partial charge in [0.05, 0.1) is 29.3 Å². The molecule has 1 aliphatic heterocycles. The molecule has 0 spiro atoms. The number of hydrogen-bond acceptors (Lipinski definition) is 5. The standard InChI is InChI=1S/C23H18ClNO4/c1-14-21(15-4-6-16(24)7-5-15)22(26)18-8-9-20-19(23(18)29-14)12-25(13-28-20)11-17-3-2-10-27-17/h2-10H,11-13H2,1H3. The van der Waals surface area contributed by atoms with Crippen LogP contribution in [-0.2, 0) is 13.1 Å². The maximum Gasteiger partial charge on any atom is 0.200 e. The fraction of sp³-hybridized carbons (Fsp3) is 0.174. The summed E-state index contributed by atoms with van der Waals surface area (Å²) in [6.07, 6.45) is 1.66. The molecule has 2 aromatic carbocycles. The van der Waals surface area contributed by atoms with Crippen molar-refractivity contribution in [3.63, 3.8) is 0 Å². The molecule has 0 atom stereocenters. The lowest BCUT2D eigenvalue weighted by Gasteiger charge is -2.28. The monoisotopic (exact) mass is 407 g/mol. The molecule has 29 heavy (non-hydrogen) atoms. The lowest BCUT2D eigenvalue weighted by Crippen LogP contribution is -2.31. The molecule has 0 saturated heterocycles. The van der Waals surface area contributed by atoms with Gasteiger partial charge in [0.15, 0.2) is 0 Å². The first-order chi connectivity index (χ1) is 14.1. The van der Waals surface area contributed by atoms with E-state index >= 15 is 0 Å². The summed E-state index contributed by atoms with van der Waals surface area (Å²) in [4.78, 5) is 15.4. The summed E-state index contributed by atoms with van der Waals surface area (Å²) in [5.74, 6) is 2.18. The summed E-state index contributed by atoms with van der Waals surface area (Å²) in [5, 5.41) is 1.17. The Balaban J connectivity index is 1.60. The van der Waals surface area contributed by atoms with Crippen LogP contribution in [0.3, 0.4) is 0 Å². The average molecular weight is 408 g/mol. The summed E-state index contributed by atoms with van der Waals surface area (Å²) >= 11 is 5.99. The minimum absolute atomic E-state index is 0.0583. The summed E-state index contributed by atoms with van der Waals surface area (Å²) in [6, 6.07) is 14.6. The molecule has 1 aliphatic rings. The van der Waals surface area contributed by atoms with Crippen LogP contribution >= 0.6 is 11.6 Å². The minimum Gasteiger partial charge on any atom is -0.478 e. The molecule has 5 rings (SSSR count). The first-order valence-corrected chi connectivity index (χ1v) is 9.71. The molecule has 0 unspecified atom stereocenters. The minimum atomic E-state index is -0.0583. The van der Waals surface area contributed by atoms with Crippen molar-refractivity contribution in [2.75, 3.05) is 6.73 Å². The fourth-order valence-corrected chi connectivity index (χ4v) is 3.92. The molecule has 5 nitrogen and oxygen atoms in total. The van der Waals surface area contributed by atoms with E-state index in [0.717, 1.165) is 22.6 Å². The van der Waals surface area contributed by atoms with Crippen LogP contribution in [0.4, 0.5) is 0 Å². The number of ether oxygens (including phenoxy) is 1. The Bertz CT molecular complexity index is 1240. The molecule has 3 heterocycles. The third-order valence-electron chi connectivity index (χ3n) is 5.17. The molecular formula is C23H18ClNO4. The summed E-state index contributed by atoms with van der Waals surface area (Å²) < 4.78 is 17.5. The van der Waals surface area contributed by atoms with Crippen molar-refractivity contribution in [3.8, 4) is 16.9 Å². The van der Waals surface area contributed by atoms with Crippen molar-refractivity contribution in [3.05, 3.63) is 87.1 Å². The molecule has 0 amide bonds. The molecule has 0 N–H and O–H groups in total. The smallest absolute Gasteiger partial charge is 0.200 e. The second-order valence-electron chi connectivity index (χ2n) is 7.13. The molecule has 6 heteroatoms. The molecule has 0 fully saturated rings. The van der Waals surface area contributed by atoms with Crippen LogP contribution in [0.5, 0.6) is 5.75 Å². The van der Waals surface area contributed by atoms with Crippen LogP contribution in [0.15, 0.2) is 68.4 Å². The average Bonchev–Trinajstić information content (AvgIpc) is 3.22. The van der Waals surface area contributed by atoms with E-state index in [1.54, 1.807) is 24.5 Å². The van der Waals surface area contributed by atoms with Gasteiger partial charge in [-0.05, 0) is 48.9 Å². The first kappa shape index (κ1) is 18.0. The maximum absolute atomic E-state index is 13.3. The zero-order valence-corrected chi connectivity index (χ0v) is 16.5. The molecule has 0 radical (unpaired) electrons. The number of furan rings is 1. The number of benzene rings is 2. The van der Waals surface area contributed by atoms with Gasteiger partial charge in [0.2, 0.25) is 5.43 Å². The van der Waals surface area contributed by atoms with Crippen LogP contribution in [0, 0.1) is 6.92 Å². The van der Waals surface area contributed by atoms with Crippen molar-refractivity contribution in [1.82, 2.24) is 4.90 Å². The summed E-state index contributed by atoms with van der Waals surface area (Å²) in [5.41, 5.74) is 2.74. The van der Waals surface area contributed by atoms with Gasteiger partial charge in [0.25, 0.3) is 0 Å². The Kier molecular flexibility index (Phi) is 4.42. The van der Waals surface area contributed by atoms with Crippen molar-refractivity contribution in [2.24, 2.45) is 0 Å². The van der Waals surface area contributed by atoms with Crippen molar-refractivity contribution < 1.29 is 13.6 Å². The fourth-order valence-electron chi connectivity index (χ4n) is 3.79. The third kappa shape index (κ3) is 3.22. The normalized spacial score (nSPS) is 14.0. The zero-order chi connectivity index (χ0) is 20.0. The highest BCUT2D eigenvalue weighted by molar-refractivity contribution is 6.30. The van der Waals surface area contributed by atoms with Gasteiger partial charge in [-0.1, -0.05) is 23.7 Å². The van der Waals surface area contributed by atoms with Gasteiger partial charge in [0.1, 0.15) is 29.6 Å². The molecule has 0 bridgehead atoms.